The van der Waals surface area contributed by atoms with Crippen molar-refractivity contribution in [2.24, 2.45) is 0 Å². The maximum Gasteiger partial charge on any atom is 0.295 e. The molecule has 17 nitrogen and oxygen atoms in total. The molecule has 2 aromatic carbocycles. The van der Waals surface area contributed by atoms with Gasteiger partial charge in [-0.3, -0.25) is 28.9 Å². The van der Waals surface area contributed by atoms with Gasteiger partial charge in [0.05, 0.1) is 49.2 Å². The molecule has 2 amide bonds. The Morgan fingerprint density at radius 3 is 2.57 bits per heavy atom. The van der Waals surface area contributed by atoms with Gasteiger partial charge in [0.25, 0.3) is 11.8 Å². The molecule has 0 spiro atoms. The van der Waals surface area contributed by atoms with Gasteiger partial charge in [-0.2, -0.15) is 0 Å². The van der Waals surface area contributed by atoms with Crippen molar-refractivity contribution in [2.45, 2.75) is 87.8 Å². The number of methoxy groups -OCH3 is 2. The fourth-order valence-electron chi connectivity index (χ4n) is 8.47. The molecule has 0 aromatic heterocycles. The Morgan fingerprint density at radius 2 is 1.84 bits per heavy atom. The molecule has 1 unspecified atom stereocenters. The minimum Gasteiger partial charge on any atom is -0.507 e. The lowest BCUT2D eigenvalue weighted by Crippen LogP contribution is -2.55. The zero-order valence-electron chi connectivity index (χ0n) is 31.0. The van der Waals surface area contributed by atoms with Crippen LogP contribution in [0.15, 0.2) is 18.2 Å². The van der Waals surface area contributed by atoms with Gasteiger partial charge in [-0.25, -0.2) is 0 Å². The lowest BCUT2D eigenvalue weighted by molar-refractivity contribution is -0.256. The molecule has 2 aromatic rings. The Balaban J connectivity index is 1.20. The van der Waals surface area contributed by atoms with Crippen molar-refractivity contribution in [2.75, 3.05) is 40.5 Å². The number of hydrogen-bond acceptors (Lipinski definition) is 15. The van der Waals surface area contributed by atoms with E-state index in [4.69, 9.17) is 34.8 Å². The fourth-order valence-corrected chi connectivity index (χ4v) is 8.47. The first-order chi connectivity index (χ1) is 26.8. The molecule has 0 saturated carbocycles. The highest BCUT2D eigenvalue weighted by Crippen LogP contribution is 2.53. The van der Waals surface area contributed by atoms with E-state index in [1.54, 1.807) is 0 Å². The van der Waals surface area contributed by atoms with Crippen LogP contribution in [0.2, 0.25) is 0 Å². The summed E-state index contributed by atoms with van der Waals surface area (Å²) in [5.74, 6) is -2.87. The third-order valence-electron chi connectivity index (χ3n) is 11.1. The molecule has 0 radical (unpaired) electrons. The summed E-state index contributed by atoms with van der Waals surface area (Å²) in [4.78, 5) is 67.4. The van der Waals surface area contributed by atoms with Gasteiger partial charge in [0.1, 0.15) is 29.0 Å². The van der Waals surface area contributed by atoms with E-state index in [0.717, 1.165) is 0 Å². The molecule has 2 aliphatic carbocycles. The van der Waals surface area contributed by atoms with Gasteiger partial charge in [0.2, 0.25) is 5.78 Å². The summed E-state index contributed by atoms with van der Waals surface area (Å²) >= 11 is 0. The van der Waals surface area contributed by atoms with Crippen LogP contribution in [-0.4, -0.2) is 133 Å². The predicted molar refractivity (Wildman–Crippen MR) is 191 cm³/mol. The van der Waals surface area contributed by atoms with E-state index >= 15 is 0 Å². The smallest absolute Gasteiger partial charge is 0.295 e. The van der Waals surface area contributed by atoms with Crippen LogP contribution in [-0.2, 0) is 44.5 Å². The number of aromatic hydroxyl groups is 2. The summed E-state index contributed by atoms with van der Waals surface area (Å²) in [5, 5.41) is 40.8. The number of carbonyl (C=O) groups is 5. The third-order valence-corrected chi connectivity index (χ3v) is 11.1. The number of rotatable bonds is 11. The highest BCUT2D eigenvalue weighted by molar-refractivity contribution is 6.31. The van der Waals surface area contributed by atoms with Gasteiger partial charge in [0, 0.05) is 68.6 Å². The number of nitrogens with zero attached hydrogens (tertiary/aromatic N) is 1. The zero-order chi connectivity index (χ0) is 40.1. The molecule has 298 valence electrons. The van der Waals surface area contributed by atoms with Crippen LogP contribution in [0.5, 0.6) is 17.2 Å². The molecular formula is C39H43N3O14. The number of ketones is 3. The van der Waals surface area contributed by atoms with E-state index in [-0.39, 0.29) is 78.3 Å². The number of carbonyl (C=O) groups excluding carboxylic acids is 5. The first-order valence-electron chi connectivity index (χ1n) is 18.3. The van der Waals surface area contributed by atoms with Crippen molar-refractivity contribution in [1.82, 2.24) is 15.5 Å². The van der Waals surface area contributed by atoms with E-state index in [1.807, 2.05) is 12.8 Å². The number of fused-ring (bicyclic) bond motifs is 6. The average molecular weight is 778 g/mol. The molecule has 5 aliphatic rings. The Bertz CT molecular complexity index is 2010. The normalized spacial score (nSPS) is 29.2. The molecule has 3 fully saturated rings. The molecule has 17 heteroatoms. The summed E-state index contributed by atoms with van der Waals surface area (Å²) < 4.78 is 35.7. The molecule has 7 rings (SSSR count). The van der Waals surface area contributed by atoms with Crippen molar-refractivity contribution in [3.05, 3.63) is 51.6 Å². The van der Waals surface area contributed by atoms with Gasteiger partial charge in [-0.15, -0.1) is 6.42 Å². The molecule has 56 heavy (non-hydrogen) atoms. The molecule has 8 atom stereocenters. The van der Waals surface area contributed by atoms with Crippen molar-refractivity contribution in [3.63, 3.8) is 0 Å². The van der Waals surface area contributed by atoms with Crippen molar-refractivity contribution < 1.29 is 67.7 Å². The summed E-state index contributed by atoms with van der Waals surface area (Å²) in [7, 11) is 2.86. The highest BCUT2D eigenvalue weighted by Gasteiger charge is 2.55. The second kappa shape index (κ2) is 15.5. The second-order valence-corrected chi connectivity index (χ2v) is 14.4. The maximum absolute atomic E-state index is 14.1. The Labute approximate surface area is 321 Å². The minimum absolute atomic E-state index is 0.0144. The topological polar surface area (TPSA) is 229 Å². The van der Waals surface area contributed by atoms with Crippen molar-refractivity contribution >= 4 is 29.2 Å². The molecular weight excluding hydrogens is 734 g/mol. The molecule has 5 N–H and O–H groups in total. The third kappa shape index (κ3) is 6.81. The summed E-state index contributed by atoms with van der Waals surface area (Å²) in [5.41, 5.74) is -3.61. The monoisotopic (exact) mass is 777 g/mol. The minimum atomic E-state index is -2.27. The van der Waals surface area contributed by atoms with E-state index < -0.39 is 95.5 Å². The van der Waals surface area contributed by atoms with Gasteiger partial charge < -0.3 is 54.4 Å². The SMILES string of the molecule is C#CC(=O)NCC(=O)CCCNC(=O)C1(O)Cc2c(O)c3c(c(O)c2[C@@H](O[C@H]2C[C@H]4[C@H](O[C@@H]5[C@@H](OC)OCCN54)[C@H](C)O2)C1)C(=O)c1c(OC)cccc1C3=O. The number of phenols is 2. The number of terminal acetylenes is 1. The quantitative estimate of drug-likeness (QED) is 0.101. The van der Waals surface area contributed by atoms with Gasteiger partial charge >= 0.3 is 0 Å². The Hall–Kier alpha value is -4.93. The number of nitrogens with one attached hydrogen (secondary N) is 2. The van der Waals surface area contributed by atoms with E-state index in [0.29, 0.717) is 13.2 Å². The van der Waals surface area contributed by atoms with E-state index in [1.165, 1.54) is 32.4 Å². The standard InChI is InChI=1S/C39H43N3O14/c1-5-25(44)41-17-19(43)8-7-11-40-38(49)39(50)15-21-28(34(48)30-29(32(21)46)31(45)20-9-6-10-23(51-3)27(20)33(30)47)24(16-39)55-26-14-22-35(18(2)54-26)56-36-37(52-4)53-13-12-42(22)36/h1,6,9-10,18,22,24,26,35-37,46,48,50H,7-8,11-17H2,2-4H3,(H,40,49)(H,41,44)/t18-,22-,24-,26-,35+,36+,37-,39?/m0/s1. The van der Waals surface area contributed by atoms with E-state index in [2.05, 4.69) is 15.5 Å². The van der Waals surface area contributed by atoms with Crippen molar-refractivity contribution in [1.29, 1.82) is 0 Å². The zero-order valence-corrected chi connectivity index (χ0v) is 31.0. The lowest BCUT2D eigenvalue weighted by atomic mass is 9.72. The Morgan fingerprint density at radius 1 is 1.07 bits per heavy atom. The number of Topliss-reactive ketones (excluding diaryl/α,β-unsaturated/α-hetero) is 1. The number of aliphatic hydroxyl groups is 1. The largest absolute Gasteiger partial charge is 0.507 e. The highest BCUT2D eigenvalue weighted by atomic mass is 16.7. The van der Waals surface area contributed by atoms with Crippen molar-refractivity contribution in [3.8, 4) is 29.6 Å². The molecule has 0 bridgehead atoms. The fraction of sp³-hybridized carbons (Fsp3) is 0.513. The number of benzene rings is 2. The lowest BCUT2D eigenvalue weighted by Gasteiger charge is -2.43. The molecule has 3 aliphatic heterocycles. The van der Waals surface area contributed by atoms with E-state index in [9.17, 15) is 39.3 Å². The summed E-state index contributed by atoms with van der Waals surface area (Å²) in [6.07, 6.45) is 0.0380. The summed E-state index contributed by atoms with van der Waals surface area (Å²) in [6, 6.07) is 4.20. The van der Waals surface area contributed by atoms with Crippen LogP contribution >= 0.6 is 0 Å². The predicted octanol–water partition coefficient (Wildman–Crippen LogP) is 0.365. The number of ether oxygens (including phenoxy) is 6. The summed E-state index contributed by atoms with van der Waals surface area (Å²) in [6.45, 7) is 2.43. The van der Waals surface area contributed by atoms with Gasteiger partial charge in [0.15, 0.2) is 30.4 Å². The van der Waals surface area contributed by atoms with Crippen LogP contribution < -0.4 is 15.4 Å². The van der Waals surface area contributed by atoms with Crippen LogP contribution in [0, 0.1) is 12.3 Å². The number of hydrogen-bond donors (Lipinski definition) is 5. The Kier molecular flexibility index (Phi) is 10.9. The average Bonchev–Trinajstić information content (AvgIpc) is 3.57. The second-order valence-electron chi connectivity index (χ2n) is 14.4. The number of phenolic OH excluding ortho intramolecular Hbond substituents is 2. The van der Waals surface area contributed by atoms with Gasteiger partial charge in [-0.1, -0.05) is 12.1 Å². The molecule has 3 saturated heterocycles. The first-order valence-corrected chi connectivity index (χ1v) is 18.3. The van der Waals surface area contributed by atoms with Crippen LogP contribution in [0.1, 0.15) is 81.7 Å². The van der Waals surface area contributed by atoms with Crippen LogP contribution in [0.4, 0.5) is 0 Å². The molecule has 3 heterocycles. The van der Waals surface area contributed by atoms with Gasteiger partial charge in [-0.05, 0) is 25.3 Å². The number of morpholine rings is 1. The maximum atomic E-state index is 14.1. The first kappa shape index (κ1) is 39.3. The number of amides is 2. The van der Waals surface area contributed by atoms with Crippen LogP contribution in [0.25, 0.3) is 0 Å². The van der Waals surface area contributed by atoms with Crippen LogP contribution in [0.3, 0.4) is 0 Å².